The molecule has 1 heterocycles. The summed E-state index contributed by atoms with van der Waals surface area (Å²) in [4.78, 5) is 12.1. The van der Waals surface area contributed by atoms with E-state index in [1.165, 1.54) is 23.5 Å². The number of hydrogen-bond donors (Lipinski definition) is 2. The van der Waals surface area contributed by atoms with Crippen LogP contribution in [0.1, 0.15) is 22.1 Å². The van der Waals surface area contributed by atoms with E-state index < -0.39 is 0 Å². The summed E-state index contributed by atoms with van der Waals surface area (Å²) in [6, 6.07) is 15.8. The van der Waals surface area contributed by atoms with Gasteiger partial charge in [0.05, 0.1) is 11.1 Å². The third-order valence-corrected chi connectivity index (χ3v) is 6.90. The zero-order valence-corrected chi connectivity index (χ0v) is 16.5. The fraction of sp³-hybridized carbons (Fsp3) is 0.350. The number of urea groups is 1. The van der Waals surface area contributed by atoms with Crippen molar-refractivity contribution in [1.82, 2.24) is 5.32 Å². The maximum Gasteiger partial charge on any atom is 0.319 e. The molecule has 2 aromatic carbocycles. The number of carbonyl (C=O) groups excluding carboxylic acids is 1. The molecule has 138 valence electrons. The van der Waals surface area contributed by atoms with Crippen molar-refractivity contribution in [2.75, 3.05) is 30.0 Å². The monoisotopic (exact) mass is 388 g/mol. The number of thioether (sulfide) groups is 2. The van der Waals surface area contributed by atoms with E-state index in [1.807, 2.05) is 66.8 Å². The predicted octanol–water partition coefficient (Wildman–Crippen LogP) is 5.06. The van der Waals surface area contributed by atoms with Crippen LogP contribution in [-0.4, -0.2) is 30.7 Å². The molecule has 3 rings (SSSR count). The van der Waals surface area contributed by atoms with Crippen LogP contribution in [0.15, 0.2) is 48.5 Å². The molecular weight excluding hydrogens is 364 g/mol. The van der Waals surface area contributed by atoms with E-state index in [-0.39, 0.29) is 6.03 Å². The molecule has 6 heteroatoms. The zero-order chi connectivity index (χ0) is 18.2. The lowest BCUT2D eigenvalue weighted by Crippen LogP contribution is -2.32. The van der Waals surface area contributed by atoms with E-state index in [1.54, 1.807) is 0 Å². The van der Waals surface area contributed by atoms with Crippen molar-refractivity contribution < 1.29 is 9.53 Å². The number of anilines is 1. The highest BCUT2D eigenvalue weighted by atomic mass is 32.2. The summed E-state index contributed by atoms with van der Waals surface area (Å²) < 4.78 is 6.11. The summed E-state index contributed by atoms with van der Waals surface area (Å²) in [5.74, 6) is 3.23. The van der Waals surface area contributed by atoms with E-state index in [2.05, 4.69) is 22.8 Å². The van der Waals surface area contributed by atoms with Crippen LogP contribution in [0, 0.1) is 6.92 Å². The molecule has 0 radical (unpaired) electrons. The molecule has 2 amide bonds. The molecule has 26 heavy (non-hydrogen) atoms. The zero-order valence-electron chi connectivity index (χ0n) is 14.9. The predicted molar refractivity (Wildman–Crippen MR) is 112 cm³/mol. The van der Waals surface area contributed by atoms with Crippen molar-refractivity contribution in [1.29, 1.82) is 0 Å². The van der Waals surface area contributed by atoms with Gasteiger partial charge in [0, 0.05) is 5.69 Å². The Bertz CT molecular complexity index is 733. The number of carbonyl (C=O) groups is 1. The largest absolute Gasteiger partial charge is 0.492 e. The SMILES string of the molecule is Cc1cccc(OCCNC(=O)Nc2cccc(C3SCCCS3)c2)c1. The summed E-state index contributed by atoms with van der Waals surface area (Å²) >= 11 is 3.96. The van der Waals surface area contributed by atoms with Crippen molar-refractivity contribution in [3.63, 3.8) is 0 Å². The second-order valence-corrected chi connectivity index (χ2v) is 8.82. The van der Waals surface area contributed by atoms with Crippen LogP contribution in [0.5, 0.6) is 5.75 Å². The lowest BCUT2D eigenvalue weighted by Gasteiger charge is -2.21. The number of aryl methyl sites for hydroxylation is 1. The van der Waals surface area contributed by atoms with Crippen LogP contribution in [0.4, 0.5) is 10.5 Å². The summed E-state index contributed by atoms with van der Waals surface area (Å²) in [6.45, 7) is 2.91. The summed E-state index contributed by atoms with van der Waals surface area (Å²) in [7, 11) is 0. The Balaban J connectivity index is 1.43. The van der Waals surface area contributed by atoms with Crippen molar-refractivity contribution in [2.24, 2.45) is 0 Å². The highest BCUT2D eigenvalue weighted by molar-refractivity contribution is 8.16. The van der Waals surface area contributed by atoms with Gasteiger partial charge in [-0.3, -0.25) is 0 Å². The van der Waals surface area contributed by atoms with Crippen molar-refractivity contribution in [2.45, 2.75) is 17.9 Å². The first-order valence-electron chi connectivity index (χ1n) is 8.78. The average molecular weight is 389 g/mol. The topological polar surface area (TPSA) is 50.4 Å². The van der Waals surface area contributed by atoms with E-state index in [0.29, 0.717) is 17.7 Å². The van der Waals surface area contributed by atoms with Crippen LogP contribution in [0.3, 0.4) is 0 Å². The molecule has 2 N–H and O–H groups in total. The minimum Gasteiger partial charge on any atom is -0.492 e. The highest BCUT2D eigenvalue weighted by Crippen LogP contribution is 2.43. The number of hydrogen-bond acceptors (Lipinski definition) is 4. The Morgan fingerprint density at radius 1 is 1.15 bits per heavy atom. The lowest BCUT2D eigenvalue weighted by atomic mass is 10.2. The summed E-state index contributed by atoms with van der Waals surface area (Å²) in [5, 5.41) is 5.73. The van der Waals surface area contributed by atoms with Gasteiger partial charge in [-0.2, -0.15) is 0 Å². The highest BCUT2D eigenvalue weighted by Gasteiger charge is 2.16. The van der Waals surface area contributed by atoms with Gasteiger partial charge in [0.2, 0.25) is 0 Å². The number of rotatable bonds is 6. The van der Waals surface area contributed by atoms with Crippen molar-refractivity contribution in [3.8, 4) is 5.75 Å². The van der Waals surface area contributed by atoms with E-state index >= 15 is 0 Å². The minimum absolute atomic E-state index is 0.209. The van der Waals surface area contributed by atoms with Crippen LogP contribution in [-0.2, 0) is 0 Å². The van der Waals surface area contributed by atoms with Crippen LogP contribution >= 0.6 is 23.5 Å². The van der Waals surface area contributed by atoms with Crippen LogP contribution < -0.4 is 15.4 Å². The van der Waals surface area contributed by atoms with Crippen molar-refractivity contribution >= 4 is 35.2 Å². The van der Waals surface area contributed by atoms with Crippen LogP contribution in [0.25, 0.3) is 0 Å². The molecule has 1 aliphatic rings. The van der Waals surface area contributed by atoms with Crippen molar-refractivity contribution in [3.05, 3.63) is 59.7 Å². The molecule has 0 spiro atoms. The lowest BCUT2D eigenvalue weighted by molar-refractivity contribution is 0.247. The fourth-order valence-corrected chi connectivity index (χ4v) is 5.53. The molecule has 0 saturated carbocycles. The first-order valence-corrected chi connectivity index (χ1v) is 10.9. The third kappa shape index (κ3) is 5.88. The second kappa shape index (κ2) is 9.78. The maximum atomic E-state index is 12.1. The Morgan fingerprint density at radius 2 is 1.96 bits per heavy atom. The van der Waals surface area contributed by atoms with Gasteiger partial charge in [-0.15, -0.1) is 23.5 Å². The Hall–Kier alpha value is -1.79. The standard InChI is InChI=1S/C20H24N2O2S2/c1-15-5-2-8-18(13-15)24-10-9-21-20(23)22-17-7-3-6-16(14-17)19-25-11-4-12-26-19/h2-3,5-8,13-14,19H,4,9-12H2,1H3,(H2,21,22,23). The molecule has 0 aromatic heterocycles. The maximum absolute atomic E-state index is 12.1. The fourth-order valence-electron chi connectivity index (χ4n) is 2.66. The molecule has 2 aromatic rings. The molecule has 0 aliphatic carbocycles. The molecule has 0 unspecified atom stereocenters. The normalized spacial score (nSPS) is 14.7. The molecule has 1 saturated heterocycles. The van der Waals surface area contributed by atoms with Gasteiger partial charge in [-0.1, -0.05) is 24.3 Å². The molecule has 0 bridgehead atoms. The first kappa shape index (κ1) is 19.0. The average Bonchev–Trinajstić information content (AvgIpc) is 2.66. The molecule has 4 nitrogen and oxygen atoms in total. The van der Waals surface area contributed by atoms with Gasteiger partial charge in [0.15, 0.2) is 0 Å². The summed E-state index contributed by atoms with van der Waals surface area (Å²) in [5.41, 5.74) is 3.24. The van der Waals surface area contributed by atoms with Gasteiger partial charge in [-0.05, 0) is 60.2 Å². The third-order valence-electron chi connectivity index (χ3n) is 3.89. The van der Waals surface area contributed by atoms with Gasteiger partial charge < -0.3 is 15.4 Å². The quantitative estimate of drug-likeness (QED) is 0.679. The number of ether oxygens (including phenoxy) is 1. The van der Waals surface area contributed by atoms with Gasteiger partial charge in [-0.25, -0.2) is 4.79 Å². The Labute approximate surface area is 163 Å². The molecule has 1 fully saturated rings. The molecular formula is C20H24N2O2S2. The minimum atomic E-state index is -0.209. The second-order valence-electron chi connectivity index (χ2n) is 6.10. The smallest absolute Gasteiger partial charge is 0.319 e. The Morgan fingerprint density at radius 3 is 2.77 bits per heavy atom. The first-order chi connectivity index (χ1) is 12.7. The van der Waals surface area contributed by atoms with Gasteiger partial charge in [0.1, 0.15) is 12.4 Å². The van der Waals surface area contributed by atoms with E-state index in [9.17, 15) is 4.79 Å². The van der Waals surface area contributed by atoms with E-state index in [0.717, 1.165) is 17.0 Å². The molecule has 0 atom stereocenters. The van der Waals surface area contributed by atoms with Gasteiger partial charge in [0.25, 0.3) is 0 Å². The van der Waals surface area contributed by atoms with Crippen LogP contribution in [0.2, 0.25) is 0 Å². The summed E-state index contributed by atoms with van der Waals surface area (Å²) in [6.07, 6.45) is 1.27. The number of nitrogens with one attached hydrogen (secondary N) is 2. The number of amides is 2. The van der Waals surface area contributed by atoms with E-state index in [4.69, 9.17) is 4.74 Å². The number of benzene rings is 2. The van der Waals surface area contributed by atoms with Gasteiger partial charge >= 0.3 is 6.03 Å². The Kier molecular flexibility index (Phi) is 7.14. The molecule has 1 aliphatic heterocycles.